The fourth-order valence-electron chi connectivity index (χ4n) is 0.991. The molecule has 0 spiro atoms. The number of aromatic nitrogens is 2. The number of aliphatic hydroxyl groups excluding tert-OH is 1. The minimum atomic E-state index is -4.63. The summed E-state index contributed by atoms with van der Waals surface area (Å²) in [4.78, 5) is 0. The molecule has 1 rings (SSSR count). The maximum absolute atomic E-state index is 12.2. The van der Waals surface area contributed by atoms with Crippen molar-refractivity contribution in [1.82, 2.24) is 9.78 Å². The van der Waals surface area contributed by atoms with Crippen LogP contribution in [-0.4, -0.2) is 20.0 Å². The zero-order valence-electron chi connectivity index (χ0n) is 6.58. The number of aryl methyl sites for hydroxylation is 1. The van der Waals surface area contributed by atoms with Gasteiger partial charge in [0.2, 0.25) is 0 Å². The predicted octanol–water partition coefficient (Wildman–Crippen LogP) is 0.422. The Labute approximate surface area is 71.2 Å². The highest BCUT2D eigenvalue weighted by Gasteiger charge is 2.38. The summed E-state index contributed by atoms with van der Waals surface area (Å²) < 4.78 is 37.2. The molecule has 0 fully saturated rings. The Morgan fingerprint density at radius 3 is 2.31 bits per heavy atom. The minimum Gasteiger partial charge on any atom is -0.364 e. The standard InChI is InChI=1S/C6H7F3N2O2/c1-11-4(6(7,8)9)3(2-10-11)5(12)13/h2,5,12-13H,1H3. The van der Waals surface area contributed by atoms with Crippen LogP contribution in [0.1, 0.15) is 17.5 Å². The SMILES string of the molecule is Cn1ncc(C(O)O)c1C(F)(F)F. The van der Waals surface area contributed by atoms with Crippen molar-refractivity contribution in [3.05, 3.63) is 17.5 Å². The molecule has 13 heavy (non-hydrogen) atoms. The van der Waals surface area contributed by atoms with Gasteiger partial charge in [0, 0.05) is 7.05 Å². The first kappa shape index (κ1) is 10.0. The maximum atomic E-state index is 12.2. The number of halogens is 3. The number of hydrogen-bond donors (Lipinski definition) is 2. The summed E-state index contributed by atoms with van der Waals surface area (Å²) in [7, 11) is 1.08. The average Bonchev–Trinajstić information content (AvgIpc) is 2.28. The van der Waals surface area contributed by atoms with E-state index in [1.165, 1.54) is 0 Å². The number of rotatable bonds is 1. The molecule has 1 aromatic heterocycles. The van der Waals surface area contributed by atoms with Crippen molar-refractivity contribution in [1.29, 1.82) is 0 Å². The van der Waals surface area contributed by atoms with Gasteiger partial charge in [-0.25, -0.2) is 0 Å². The zero-order chi connectivity index (χ0) is 10.2. The van der Waals surface area contributed by atoms with Gasteiger partial charge in [-0.05, 0) is 0 Å². The van der Waals surface area contributed by atoms with Crippen molar-refractivity contribution in [2.24, 2.45) is 7.05 Å². The Kier molecular flexibility index (Phi) is 2.31. The van der Waals surface area contributed by atoms with Crippen LogP contribution < -0.4 is 0 Å². The van der Waals surface area contributed by atoms with Gasteiger partial charge in [-0.1, -0.05) is 0 Å². The Morgan fingerprint density at radius 1 is 1.46 bits per heavy atom. The van der Waals surface area contributed by atoms with Crippen molar-refractivity contribution in [3.63, 3.8) is 0 Å². The fourth-order valence-corrected chi connectivity index (χ4v) is 0.991. The van der Waals surface area contributed by atoms with Crippen molar-refractivity contribution >= 4 is 0 Å². The first-order valence-electron chi connectivity index (χ1n) is 3.29. The summed E-state index contributed by atoms with van der Waals surface area (Å²) in [5.74, 6) is 0. The molecule has 0 aliphatic carbocycles. The lowest BCUT2D eigenvalue weighted by atomic mass is 10.2. The number of alkyl halides is 3. The summed E-state index contributed by atoms with van der Waals surface area (Å²) in [6.45, 7) is 0. The lowest BCUT2D eigenvalue weighted by Crippen LogP contribution is -2.15. The van der Waals surface area contributed by atoms with Crippen LogP contribution in [0.25, 0.3) is 0 Å². The molecule has 4 nitrogen and oxygen atoms in total. The average molecular weight is 196 g/mol. The number of nitrogens with zero attached hydrogens (tertiary/aromatic N) is 2. The molecule has 0 aliphatic heterocycles. The smallest absolute Gasteiger partial charge is 0.364 e. The van der Waals surface area contributed by atoms with E-state index in [9.17, 15) is 13.2 Å². The summed E-state index contributed by atoms with van der Waals surface area (Å²) in [5.41, 5.74) is -1.79. The molecule has 0 amide bonds. The second-order valence-corrected chi connectivity index (χ2v) is 2.44. The molecular formula is C6H7F3N2O2. The maximum Gasteiger partial charge on any atom is 0.433 e. The summed E-state index contributed by atoms with van der Waals surface area (Å²) >= 11 is 0. The van der Waals surface area contributed by atoms with Crippen LogP contribution in [0.4, 0.5) is 13.2 Å². The molecule has 1 heterocycles. The molecule has 0 bridgehead atoms. The van der Waals surface area contributed by atoms with Gasteiger partial charge in [-0.3, -0.25) is 4.68 Å². The molecule has 0 saturated carbocycles. The Balaban J connectivity index is 3.25. The van der Waals surface area contributed by atoms with Crippen molar-refractivity contribution in [2.75, 3.05) is 0 Å². The van der Waals surface area contributed by atoms with Gasteiger partial charge in [-0.15, -0.1) is 0 Å². The minimum absolute atomic E-state index is 0.550. The lowest BCUT2D eigenvalue weighted by molar-refractivity contribution is -0.148. The normalized spacial score (nSPS) is 12.5. The van der Waals surface area contributed by atoms with Gasteiger partial charge in [0.15, 0.2) is 12.0 Å². The molecular weight excluding hydrogens is 189 g/mol. The predicted molar refractivity (Wildman–Crippen MR) is 35.4 cm³/mol. The molecule has 0 aliphatic rings. The molecule has 0 atom stereocenters. The molecule has 0 unspecified atom stereocenters. The van der Waals surface area contributed by atoms with E-state index >= 15 is 0 Å². The molecule has 0 saturated heterocycles. The van der Waals surface area contributed by atoms with E-state index in [0.29, 0.717) is 4.68 Å². The largest absolute Gasteiger partial charge is 0.433 e. The number of hydrogen-bond acceptors (Lipinski definition) is 3. The van der Waals surface area contributed by atoms with Crippen LogP contribution >= 0.6 is 0 Å². The molecule has 1 aromatic rings. The summed E-state index contributed by atoms with van der Waals surface area (Å²) in [5, 5.41) is 20.4. The van der Waals surface area contributed by atoms with Gasteiger partial charge in [0.25, 0.3) is 0 Å². The van der Waals surface area contributed by atoms with Gasteiger partial charge in [0.1, 0.15) is 0 Å². The van der Waals surface area contributed by atoms with E-state index in [4.69, 9.17) is 10.2 Å². The first-order valence-corrected chi connectivity index (χ1v) is 3.29. The van der Waals surface area contributed by atoms with E-state index in [1.807, 2.05) is 0 Å². The molecule has 0 aromatic carbocycles. The molecule has 74 valence electrons. The van der Waals surface area contributed by atoms with Crippen LogP contribution in [0.5, 0.6) is 0 Å². The molecule has 7 heteroatoms. The van der Waals surface area contributed by atoms with Crippen molar-refractivity contribution in [2.45, 2.75) is 12.5 Å². The number of aliphatic hydroxyl groups is 2. The Bertz CT molecular complexity index is 305. The van der Waals surface area contributed by atoms with E-state index in [-0.39, 0.29) is 0 Å². The highest BCUT2D eigenvalue weighted by molar-refractivity contribution is 5.21. The Morgan fingerprint density at radius 2 is 2.00 bits per heavy atom. The van der Waals surface area contributed by atoms with Crippen LogP contribution in [-0.2, 0) is 13.2 Å². The van der Waals surface area contributed by atoms with Crippen molar-refractivity contribution < 1.29 is 23.4 Å². The highest BCUT2D eigenvalue weighted by atomic mass is 19.4. The monoisotopic (exact) mass is 196 g/mol. The topological polar surface area (TPSA) is 58.3 Å². The first-order chi connectivity index (χ1) is 5.84. The van der Waals surface area contributed by atoms with E-state index in [2.05, 4.69) is 5.10 Å². The highest BCUT2D eigenvalue weighted by Crippen LogP contribution is 2.33. The van der Waals surface area contributed by atoms with Crippen LogP contribution in [0.15, 0.2) is 6.20 Å². The third kappa shape index (κ3) is 1.81. The van der Waals surface area contributed by atoms with Gasteiger partial charge in [-0.2, -0.15) is 18.3 Å². The van der Waals surface area contributed by atoms with Crippen LogP contribution in [0.3, 0.4) is 0 Å². The lowest BCUT2D eigenvalue weighted by Gasteiger charge is -2.10. The van der Waals surface area contributed by atoms with Crippen molar-refractivity contribution in [3.8, 4) is 0 Å². The van der Waals surface area contributed by atoms with Gasteiger partial charge >= 0.3 is 6.18 Å². The second-order valence-electron chi connectivity index (χ2n) is 2.44. The van der Waals surface area contributed by atoms with Crippen LogP contribution in [0.2, 0.25) is 0 Å². The quantitative estimate of drug-likeness (QED) is 0.640. The van der Waals surface area contributed by atoms with E-state index < -0.39 is 23.7 Å². The fraction of sp³-hybridized carbons (Fsp3) is 0.500. The zero-order valence-corrected chi connectivity index (χ0v) is 6.58. The second kappa shape index (κ2) is 3.00. The Hall–Kier alpha value is -1.08. The van der Waals surface area contributed by atoms with E-state index in [0.717, 1.165) is 13.2 Å². The van der Waals surface area contributed by atoms with E-state index in [1.54, 1.807) is 0 Å². The summed E-state index contributed by atoms with van der Waals surface area (Å²) in [6.07, 6.45) is -6.03. The van der Waals surface area contributed by atoms with Crippen LogP contribution in [0, 0.1) is 0 Å². The molecule has 0 radical (unpaired) electrons. The van der Waals surface area contributed by atoms with Gasteiger partial charge in [0.05, 0.1) is 11.8 Å². The third-order valence-corrected chi connectivity index (χ3v) is 1.51. The molecule has 2 N–H and O–H groups in total. The van der Waals surface area contributed by atoms with Gasteiger partial charge < -0.3 is 10.2 Å². The third-order valence-electron chi connectivity index (χ3n) is 1.51. The summed E-state index contributed by atoms with van der Waals surface area (Å²) in [6, 6.07) is 0.